The van der Waals surface area contributed by atoms with Crippen molar-refractivity contribution in [2.75, 3.05) is 33.7 Å². The number of carbonyl (C=O) groups is 3. The third kappa shape index (κ3) is 5.22. The van der Waals surface area contributed by atoms with Crippen molar-refractivity contribution in [2.24, 2.45) is 5.73 Å². The molecule has 1 aliphatic heterocycles. The van der Waals surface area contributed by atoms with Gasteiger partial charge in [-0.25, -0.2) is 0 Å². The van der Waals surface area contributed by atoms with Crippen molar-refractivity contribution in [1.29, 1.82) is 10.7 Å². The minimum atomic E-state index is -1.03. The highest BCUT2D eigenvalue weighted by Gasteiger charge is 2.42. The Morgan fingerprint density at radius 2 is 1.62 bits per heavy atom. The number of nitrogens with zero attached hydrogens (tertiary/aromatic N) is 2. The van der Waals surface area contributed by atoms with Crippen LogP contribution in [0.25, 0.3) is 0 Å². The molecule has 0 saturated carbocycles. The first-order valence-electron chi connectivity index (χ1n) is 13.2. The van der Waals surface area contributed by atoms with Crippen LogP contribution in [0.15, 0.2) is 36.4 Å². The van der Waals surface area contributed by atoms with Crippen LogP contribution in [0.1, 0.15) is 62.2 Å². The van der Waals surface area contributed by atoms with E-state index in [1.54, 1.807) is 31.1 Å². The van der Waals surface area contributed by atoms with E-state index in [4.69, 9.17) is 11.1 Å². The molecule has 2 aromatic rings. The molecule has 0 aromatic heterocycles. The molecule has 39 heavy (non-hydrogen) atoms. The van der Waals surface area contributed by atoms with E-state index in [0.29, 0.717) is 49.9 Å². The number of aryl methyl sites for hydroxylation is 2. The lowest BCUT2D eigenvalue weighted by Crippen LogP contribution is -2.46. The summed E-state index contributed by atoms with van der Waals surface area (Å²) in [5, 5.41) is 26.7. The molecule has 10 heteroatoms. The summed E-state index contributed by atoms with van der Waals surface area (Å²) in [6.45, 7) is 1.04. The Kier molecular flexibility index (Phi) is 8.31. The zero-order valence-corrected chi connectivity index (χ0v) is 22.4. The number of hydrogen-bond donors (Lipinski definition) is 5. The molecule has 1 fully saturated rings. The van der Waals surface area contributed by atoms with Gasteiger partial charge in [0.25, 0.3) is 11.8 Å². The number of amidine groups is 1. The Bertz CT molecular complexity index is 1280. The smallest absolute Gasteiger partial charge is 0.251 e. The van der Waals surface area contributed by atoms with Crippen molar-refractivity contribution in [2.45, 2.75) is 43.6 Å². The fraction of sp³-hybridized carbons (Fsp3) is 0.414. The van der Waals surface area contributed by atoms with Crippen LogP contribution in [0.4, 0.5) is 0 Å². The Balaban J connectivity index is 1.70. The van der Waals surface area contributed by atoms with Gasteiger partial charge in [0.05, 0.1) is 18.0 Å². The molecule has 2 aromatic carbocycles. The number of amides is 3. The lowest BCUT2D eigenvalue weighted by atomic mass is 9.69. The molecule has 10 nitrogen and oxygen atoms in total. The monoisotopic (exact) mass is 529 g/mol. The van der Waals surface area contributed by atoms with Gasteiger partial charge >= 0.3 is 0 Å². The van der Waals surface area contributed by atoms with Crippen molar-refractivity contribution >= 4 is 23.6 Å². The highest BCUT2D eigenvalue weighted by Crippen LogP contribution is 2.43. The van der Waals surface area contributed by atoms with E-state index < -0.39 is 5.41 Å². The van der Waals surface area contributed by atoms with E-state index in [2.05, 4.69) is 22.0 Å². The maximum atomic E-state index is 12.8. The molecule has 4 rings (SSSR count). The predicted octanol–water partition coefficient (Wildman–Crippen LogP) is 1.22. The van der Waals surface area contributed by atoms with E-state index >= 15 is 0 Å². The molecule has 204 valence electrons. The van der Waals surface area contributed by atoms with Gasteiger partial charge in [-0.2, -0.15) is 5.26 Å². The summed E-state index contributed by atoms with van der Waals surface area (Å²) in [5.41, 5.74) is 9.93. The standard InChI is InChI=1S/C29H35N7O3/c1-33-26(38)20-7-9-23-18(14-20)5-6-19-15-21(27(39)34-2)8-10-24(19)29(23,28(31)32)11-12-35-17-25(37)36-13-3-4-22(36)16-30/h7-10,14-15,22,35H,3-6,11-13,17H2,1-2H3,(H3,31,32)(H,33,38)(H,34,39)/t22-/m0/s1. The summed E-state index contributed by atoms with van der Waals surface area (Å²) in [6.07, 6.45) is 3.11. The molecule has 1 atom stereocenters. The van der Waals surface area contributed by atoms with Gasteiger partial charge in [-0.15, -0.1) is 0 Å². The molecule has 1 heterocycles. The maximum absolute atomic E-state index is 12.8. The maximum Gasteiger partial charge on any atom is 0.251 e. The highest BCUT2D eigenvalue weighted by molar-refractivity contribution is 5.98. The average molecular weight is 530 g/mol. The van der Waals surface area contributed by atoms with Crippen molar-refractivity contribution < 1.29 is 14.4 Å². The number of rotatable bonds is 8. The third-order valence-electron chi connectivity index (χ3n) is 7.91. The summed E-state index contributed by atoms with van der Waals surface area (Å²) >= 11 is 0. The Hall–Kier alpha value is -4.23. The molecule has 6 N–H and O–H groups in total. The number of benzene rings is 2. The summed E-state index contributed by atoms with van der Waals surface area (Å²) in [4.78, 5) is 39.2. The number of nitriles is 1. The molecular formula is C29H35N7O3. The quantitative estimate of drug-likeness (QED) is 0.196. The second-order valence-corrected chi connectivity index (χ2v) is 10.0. The van der Waals surface area contributed by atoms with E-state index in [-0.39, 0.29) is 36.1 Å². The molecule has 2 aliphatic rings. The molecule has 0 radical (unpaired) electrons. The number of carbonyl (C=O) groups excluding carboxylic acids is 3. The van der Waals surface area contributed by atoms with Crippen molar-refractivity contribution in [3.05, 3.63) is 69.8 Å². The van der Waals surface area contributed by atoms with Gasteiger partial charge in [0.1, 0.15) is 11.9 Å². The summed E-state index contributed by atoms with van der Waals surface area (Å²) < 4.78 is 0. The zero-order chi connectivity index (χ0) is 28.2. The van der Waals surface area contributed by atoms with E-state index in [0.717, 1.165) is 28.7 Å². The molecule has 3 amide bonds. The molecule has 0 unspecified atom stereocenters. The SMILES string of the molecule is CNC(=O)c1ccc2c(c1)CCc1cc(C(=O)NC)ccc1C2(CCNCC(=O)N1CCC[C@H]1C#N)C(=N)N. The van der Waals surface area contributed by atoms with Crippen LogP contribution in [-0.4, -0.2) is 68.2 Å². The van der Waals surface area contributed by atoms with Crippen LogP contribution in [0.2, 0.25) is 0 Å². The lowest BCUT2D eigenvalue weighted by Gasteiger charge is -2.36. The largest absolute Gasteiger partial charge is 0.387 e. The number of hydrogen-bond acceptors (Lipinski definition) is 6. The van der Waals surface area contributed by atoms with Crippen LogP contribution < -0.4 is 21.7 Å². The first-order valence-corrected chi connectivity index (χ1v) is 13.2. The molecule has 0 spiro atoms. The fourth-order valence-electron chi connectivity index (χ4n) is 5.89. The third-order valence-corrected chi connectivity index (χ3v) is 7.91. The number of likely N-dealkylation sites (tertiary alicyclic amines) is 1. The van der Waals surface area contributed by atoms with Crippen LogP contribution in [0.5, 0.6) is 0 Å². The molecular weight excluding hydrogens is 494 g/mol. The van der Waals surface area contributed by atoms with Gasteiger partial charge in [0.2, 0.25) is 5.91 Å². The molecule has 0 bridgehead atoms. The minimum Gasteiger partial charge on any atom is -0.387 e. The van der Waals surface area contributed by atoms with Crippen LogP contribution in [0.3, 0.4) is 0 Å². The lowest BCUT2D eigenvalue weighted by molar-refractivity contribution is -0.130. The Morgan fingerprint density at radius 1 is 1.05 bits per heavy atom. The minimum absolute atomic E-state index is 0.0514. The number of fused-ring (bicyclic) bond motifs is 2. The van der Waals surface area contributed by atoms with E-state index in [9.17, 15) is 19.6 Å². The van der Waals surface area contributed by atoms with Gasteiger partial charge in [0, 0.05) is 31.8 Å². The predicted molar refractivity (Wildman–Crippen MR) is 148 cm³/mol. The first kappa shape index (κ1) is 27.8. The average Bonchev–Trinajstić information content (AvgIpc) is 3.39. The highest BCUT2D eigenvalue weighted by atomic mass is 16.2. The van der Waals surface area contributed by atoms with Crippen LogP contribution in [0, 0.1) is 16.7 Å². The van der Waals surface area contributed by atoms with Gasteiger partial charge in [-0.05, 0) is 85.2 Å². The van der Waals surface area contributed by atoms with Crippen molar-refractivity contribution in [3.8, 4) is 6.07 Å². The van der Waals surface area contributed by atoms with Crippen LogP contribution in [-0.2, 0) is 23.1 Å². The second kappa shape index (κ2) is 11.7. The van der Waals surface area contributed by atoms with E-state index in [1.165, 1.54) is 0 Å². The van der Waals surface area contributed by atoms with Gasteiger partial charge in [0.15, 0.2) is 0 Å². The fourth-order valence-corrected chi connectivity index (χ4v) is 5.89. The summed E-state index contributed by atoms with van der Waals surface area (Å²) in [5.74, 6) is -0.576. The molecule has 1 aliphatic carbocycles. The van der Waals surface area contributed by atoms with Gasteiger partial charge < -0.3 is 26.6 Å². The van der Waals surface area contributed by atoms with Gasteiger partial charge in [-0.1, -0.05) is 12.1 Å². The normalized spacial score (nSPS) is 17.3. The van der Waals surface area contributed by atoms with Crippen molar-refractivity contribution in [3.63, 3.8) is 0 Å². The summed E-state index contributed by atoms with van der Waals surface area (Å²) in [6, 6.07) is 12.7. The Morgan fingerprint density at radius 3 is 2.10 bits per heavy atom. The van der Waals surface area contributed by atoms with Crippen LogP contribution >= 0.6 is 0 Å². The summed E-state index contributed by atoms with van der Waals surface area (Å²) in [7, 11) is 3.16. The van der Waals surface area contributed by atoms with Crippen molar-refractivity contribution in [1.82, 2.24) is 20.9 Å². The van der Waals surface area contributed by atoms with Gasteiger partial charge in [-0.3, -0.25) is 19.8 Å². The number of nitrogens with two attached hydrogens (primary N) is 1. The topological polar surface area (TPSA) is 164 Å². The molecule has 1 saturated heterocycles. The number of nitrogens with one attached hydrogen (secondary N) is 4. The zero-order valence-electron chi connectivity index (χ0n) is 22.4. The first-order chi connectivity index (χ1) is 18.8. The van der Waals surface area contributed by atoms with E-state index in [1.807, 2.05) is 24.3 Å². The second-order valence-electron chi connectivity index (χ2n) is 10.0. The Labute approximate surface area is 228 Å².